The fourth-order valence-electron chi connectivity index (χ4n) is 4.62. The monoisotopic (exact) mass is 502 g/mol. The van der Waals surface area contributed by atoms with Crippen LogP contribution in [0.3, 0.4) is 0 Å². The Morgan fingerprint density at radius 1 is 1.03 bits per heavy atom. The third kappa shape index (κ3) is 4.42. The molecule has 5 rings (SSSR count). The molecule has 0 radical (unpaired) electrons. The average molecular weight is 502 g/mol. The van der Waals surface area contributed by atoms with E-state index in [0.717, 1.165) is 31.4 Å². The van der Waals surface area contributed by atoms with Crippen molar-refractivity contribution in [3.05, 3.63) is 58.9 Å². The number of carbonyl (C=O) groups is 2. The molecule has 12 heteroatoms. The topological polar surface area (TPSA) is 104 Å². The van der Waals surface area contributed by atoms with Crippen molar-refractivity contribution in [3.63, 3.8) is 0 Å². The van der Waals surface area contributed by atoms with E-state index in [1.807, 2.05) is 0 Å². The summed E-state index contributed by atoms with van der Waals surface area (Å²) >= 11 is 0. The van der Waals surface area contributed by atoms with Gasteiger partial charge in [-0.05, 0) is 72.9 Å². The van der Waals surface area contributed by atoms with E-state index < -0.39 is 28.9 Å². The number of aromatic amines is 1. The molecule has 0 unspecified atom stereocenters. The molecule has 2 fully saturated rings. The molecule has 0 atom stereocenters. The van der Waals surface area contributed by atoms with Crippen molar-refractivity contribution < 1.29 is 27.2 Å². The number of aromatic nitrogens is 4. The van der Waals surface area contributed by atoms with Gasteiger partial charge in [0.25, 0.3) is 5.91 Å². The predicted octanol–water partition coefficient (Wildman–Crippen LogP) is 4.32. The summed E-state index contributed by atoms with van der Waals surface area (Å²) in [5, 5.41) is 16.4. The van der Waals surface area contributed by atoms with E-state index in [4.69, 9.17) is 0 Å². The lowest BCUT2D eigenvalue weighted by Gasteiger charge is -2.27. The first-order chi connectivity index (χ1) is 17.2. The Bertz CT molecular complexity index is 1300. The highest BCUT2D eigenvalue weighted by molar-refractivity contribution is 6.04. The first-order valence-electron chi connectivity index (χ1n) is 11.6. The molecule has 2 heterocycles. The number of carbonyl (C=O) groups excluding carboxylic acids is 2. The number of nitrogens with one attached hydrogen (secondary N) is 2. The Morgan fingerprint density at radius 2 is 1.78 bits per heavy atom. The summed E-state index contributed by atoms with van der Waals surface area (Å²) < 4.78 is 53.4. The predicted molar refractivity (Wildman–Crippen MR) is 120 cm³/mol. The van der Waals surface area contributed by atoms with Gasteiger partial charge in [-0.2, -0.15) is 13.2 Å². The van der Waals surface area contributed by atoms with Crippen molar-refractivity contribution in [2.75, 3.05) is 18.4 Å². The summed E-state index contributed by atoms with van der Waals surface area (Å²) in [6, 6.07) is 6.90. The van der Waals surface area contributed by atoms with Gasteiger partial charge in [-0.1, -0.05) is 6.07 Å². The Kier molecular flexibility index (Phi) is 5.97. The van der Waals surface area contributed by atoms with Crippen molar-refractivity contribution in [3.8, 4) is 11.4 Å². The van der Waals surface area contributed by atoms with Crippen LogP contribution < -0.4 is 5.32 Å². The summed E-state index contributed by atoms with van der Waals surface area (Å²) in [5.41, 5.74) is -1.38. The van der Waals surface area contributed by atoms with Crippen molar-refractivity contribution >= 4 is 17.5 Å². The lowest BCUT2D eigenvalue weighted by atomic mass is 9.93. The van der Waals surface area contributed by atoms with E-state index in [0.29, 0.717) is 48.8 Å². The zero-order valence-corrected chi connectivity index (χ0v) is 19.0. The van der Waals surface area contributed by atoms with Crippen LogP contribution in [0, 0.1) is 5.82 Å². The van der Waals surface area contributed by atoms with Gasteiger partial charge >= 0.3 is 6.18 Å². The maximum atomic E-state index is 14.6. The fraction of sp³-hybridized carbons (Fsp3) is 0.375. The number of nitrogens with zero attached hydrogens (tertiary/aromatic N) is 4. The molecular formula is C24H22F4N6O2. The summed E-state index contributed by atoms with van der Waals surface area (Å²) in [6.07, 6.45) is -1.19. The first kappa shape index (κ1) is 23.9. The zero-order chi connectivity index (χ0) is 25.5. The minimum absolute atomic E-state index is 0.0791. The van der Waals surface area contributed by atoms with E-state index in [9.17, 15) is 27.2 Å². The van der Waals surface area contributed by atoms with Crippen molar-refractivity contribution in [1.29, 1.82) is 0 Å². The molecule has 1 aliphatic carbocycles. The minimum atomic E-state index is -4.68. The number of H-pyrrole nitrogens is 1. The van der Waals surface area contributed by atoms with Crippen molar-refractivity contribution in [2.45, 2.75) is 43.7 Å². The molecule has 1 aliphatic heterocycles. The van der Waals surface area contributed by atoms with Crippen LogP contribution in [0.4, 0.5) is 23.2 Å². The molecular weight excluding hydrogens is 480 g/mol. The van der Waals surface area contributed by atoms with Gasteiger partial charge in [-0.3, -0.25) is 9.59 Å². The van der Waals surface area contributed by atoms with Crippen molar-refractivity contribution in [1.82, 2.24) is 25.5 Å². The second-order valence-electron chi connectivity index (χ2n) is 9.09. The van der Waals surface area contributed by atoms with Gasteiger partial charge in [0.1, 0.15) is 5.82 Å². The average Bonchev–Trinajstić information content (AvgIpc) is 3.48. The second kappa shape index (κ2) is 8.99. The lowest BCUT2D eigenvalue weighted by molar-refractivity contribution is -0.137. The molecule has 2 aliphatic rings. The van der Waals surface area contributed by atoms with Crippen LogP contribution in [0.15, 0.2) is 36.4 Å². The maximum absolute atomic E-state index is 14.6. The molecule has 8 nitrogen and oxygen atoms in total. The highest BCUT2D eigenvalue weighted by atomic mass is 19.4. The van der Waals surface area contributed by atoms with Gasteiger partial charge in [0, 0.05) is 29.9 Å². The molecule has 0 spiro atoms. The third-order valence-electron chi connectivity index (χ3n) is 6.75. The Morgan fingerprint density at radius 3 is 2.39 bits per heavy atom. The molecule has 0 bridgehead atoms. The number of benzene rings is 2. The van der Waals surface area contributed by atoms with Gasteiger partial charge < -0.3 is 10.2 Å². The quantitative estimate of drug-likeness (QED) is 0.506. The largest absolute Gasteiger partial charge is 0.416 e. The van der Waals surface area contributed by atoms with E-state index in [1.54, 1.807) is 23.1 Å². The molecule has 2 amide bonds. The molecule has 1 saturated heterocycles. The van der Waals surface area contributed by atoms with Gasteiger partial charge in [-0.25, -0.2) is 9.49 Å². The maximum Gasteiger partial charge on any atom is 0.416 e. The Labute approximate surface area is 203 Å². The summed E-state index contributed by atoms with van der Waals surface area (Å²) in [6.45, 7) is 1.29. The number of hydrogen-bond acceptors (Lipinski definition) is 5. The molecule has 188 valence electrons. The minimum Gasteiger partial charge on any atom is -0.339 e. The highest BCUT2D eigenvalue weighted by Gasteiger charge is 2.53. The normalized spacial score (nSPS) is 17.1. The summed E-state index contributed by atoms with van der Waals surface area (Å²) in [5.74, 6) is -1.56. The van der Waals surface area contributed by atoms with Crippen LogP contribution in [-0.2, 0) is 16.4 Å². The molecule has 1 aromatic heterocycles. The number of tetrazole rings is 1. The molecule has 1 saturated carbocycles. The van der Waals surface area contributed by atoms with Crippen LogP contribution in [0.5, 0.6) is 0 Å². The van der Waals surface area contributed by atoms with Crippen LogP contribution in [0.2, 0.25) is 0 Å². The number of alkyl halides is 3. The second-order valence-corrected chi connectivity index (χ2v) is 9.09. The number of rotatable bonds is 5. The standard InChI is InChI=1S/C24H22F4N6O2/c25-19-12-14(24(26,27)28)4-7-18(19)23(8-9-23)22(36)29-15-5-6-16(17(13-15)20-30-32-33-31-20)21(35)34-10-2-1-3-11-34/h4-7,12-13H,1-3,8-11H2,(H,29,36)(H,30,31,32,33). The molecule has 3 aromatic rings. The van der Waals surface area contributed by atoms with Gasteiger partial charge in [-0.15, -0.1) is 5.10 Å². The van der Waals surface area contributed by atoms with Gasteiger partial charge in [0.15, 0.2) is 5.82 Å². The third-order valence-corrected chi connectivity index (χ3v) is 6.75. The number of halogens is 4. The smallest absolute Gasteiger partial charge is 0.339 e. The van der Waals surface area contributed by atoms with Crippen molar-refractivity contribution in [2.24, 2.45) is 0 Å². The SMILES string of the molecule is O=C(c1ccc(NC(=O)C2(c3ccc(C(F)(F)F)cc3F)CC2)cc1-c1nnn[nH]1)N1CCCCC1. The molecule has 36 heavy (non-hydrogen) atoms. The number of piperidine rings is 1. The molecule has 2 N–H and O–H groups in total. The fourth-order valence-corrected chi connectivity index (χ4v) is 4.62. The zero-order valence-electron chi connectivity index (χ0n) is 19.0. The Hall–Kier alpha value is -3.83. The Balaban J connectivity index is 1.42. The van der Waals surface area contributed by atoms with E-state index in [1.165, 1.54) is 0 Å². The number of hydrogen-bond donors (Lipinski definition) is 2. The van der Waals surface area contributed by atoms with Crippen LogP contribution in [0.1, 0.15) is 53.6 Å². The number of likely N-dealkylation sites (tertiary alicyclic amines) is 1. The van der Waals surface area contributed by atoms with Gasteiger partial charge in [0.05, 0.1) is 16.5 Å². The molecule has 2 aromatic carbocycles. The number of amides is 2. The van der Waals surface area contributed by atoms with Crippen LogP contribution >= 0.6 is 0 Å². The van der Waals surface area contributed by atoms with E-state index in [2.05, 4.69) is 25.9 Å². The van der Waals surface area contributed by atoms with Crippen LogP contribution in [0.25, 0.3) is 11.4 Å². The van der Waals surface area contributed by atoms with E-state index in [-0.39, 0.29) is 17.3 Å². The number of anilines is 1. The van der Waals surface area contributed by atoms with Gasteiger partial charge in [0.2, 0.25) is 5.91 Å². The summed E-state index contributed by atoms with van der Waals surface area (Å²) in [4.78, 5) is 28.1. The highest BCUT2D eigenvalue weighted by Crippen LogP contribution is 2.50. The summed E-state index contributed by atoms with van der Waals surface area (Å²) in [7, 11) is 0. The first-order valence-corrected chi connectivity index (χ1v) is 11.6. The van der Waals surface area contributed by atoms with Crippen LogP contribution in [-0.4, -0.2) is 50.4 Å². The lowest BCUT2D eigenvalue weighted by Crippen LogP contribution is -2.36. The van der Waals surface area contributed by atoms with E-state index >= 15 is 0 Å².